The second-order valence-corrected chi connectivity index (χ2v) is 7.90. The molecule has 4 heterocycles. The first kappa shape index (κ1) is 17.8. The summed E-state index contributed by atoms with van der Waals surface area (Å²) in [6, 6.07) is 9.31. The van der Waals surface area contributed by atoms with E-state index in [1.54, 1.807) is 11.3 Å². The van der Waals surface area contributed by atoms with E-state index in [-0.39, 0.29) is 11.1 Å². The molecule has 1 aliphatic heterocycles. The average molecular weight is 423 g/mol. The fourth-order valence-electron chi connectivity index (χ4n) is 3.62. The summed E-state index contributed by atoms with van der Waals surface area (Å²) in [7, 11) is 0. The highest BCUT2D eigenvalue weighted by atomic mass is 35.5. The molecule has 144 valence electrons. The molecule has 4 aromatic rings. The Bertz CT molecular complexity index is 1250. The minimum absolute atomic E-state index is 0.0717. The van der Waals surface area contributed by atoms with E-state index in [1.807, 2.05) is 46.9 Å². The first-order valence-electron chi connectivity index (χ1n) is 8.86. The van der Waals surface area contributed by atoms with Gasteiger partial charge in [-0.3, -0.25) is 0 Å². The smallest absolute Gasteiger partial charge is 0.223 e. The van der Waals surface area contributed by atoms with E-state index in [4.69, 9.17) is 17.3 Å². The molecule has 29 heavy (non-hydrogen) atoms. The van der Waals surface area contributed by atoms with Gasteiger partial charge in [0.2, 0.25) is 5.95 Å². The number of hydrogen-bond donors (Lipinski definition) is 2. The fraction of sp³-hybridized carbons (Fsp3) is 0.100. The lowest BCUT2D eigenvalue weighted by Crippen LogP contribution is -2.32. The number of thiazole rings is 1. The van der Waals surface area contributed by atoms with Crippen molar-refractivity contribution in [1.82, 2.24) is 19.9 Å². The number of carbonyl (C=O) groups excluding carboxylic acids is 1. The highest BCUT2D eigenvalue weighted by molar-refractivity contribution is 7.16. The molecular formula is C20H15ClN6OS. The van der Waals surface area contributed by atoms with Crippen molar-refractivity contribution in [2.45, 2.75) is 12.6 Å². The number of H-pyrrole nitrogens is 1. The van der Waals surface area contributed by atoms with Gasteiger partial charge in [0, 0.05) is 18.4 Å². The second kappa shape index (κ2) is 6.98. The molecule has 0 saturated heterocycles. The molecule has 1 unspecified atom stereocenters. The fourth-order valence-corrected chi connectivity index (χ4v) is 4.64. The number of fused-ring (bicyclic) bond motifs is 2. The van der Waals surface area contributed by atoms with Crippen molar-refractivity contribution >= 4 is 62.9 Å². The number of anilines is 2. The van der Waals surface area contributed by atoms with E-state index < -0.39 is 6.04 Å². The van der Waals surface area contributed by atoms with E-state index in [0.29, 0.717) is 17.9 Å². The Balaban J connectivity index is 1.63. The number of nitrogen functional groups attached to an aromatic ring is 1. The van der Waals surface area contributed by atoms with E-state index in [2.05, 4.69) is 26.0 Å². The summed E-state index contributed by atoms with van der Waals surface area (Å²) in [5.74, 6) is 0.629. The Morgan fingerprint density at radius 2 is 2.21 bits per heavy atom. The summed E-state index contributed by atoms with van der Waals surface area (Å²) in [6.45, 7) is 0.471. The van der Waals surface area contributed by atoms with Crippen molar-refractivity contribution in [1.29, 1.82) is 0 Å². The molecule has 3 N–H and O–H groups in total. The van der Waals surface area contributed by atoms with Gasteiger partial charge in [-0.1, -0.05) is 17.7 Å². The van der Waals surface area contributed by atoms with Gasteiger partial charge in [-0.2, -0.15) is 4.98 Å². The molecule has 0 saturated carbocycles. The third-order valence-corrected chi connectivity index (χ3v) is 5.95. The van der Waals surface area contributed by atoms with Crippen LogP contribution in [0.4, 0.5) is 11.8 Å². The van der Waals surface area contributed by atoms with Crippen molar-refractivity contribution in [2.75, 3.05) is 10.6 Å². The van der Waals surface area contributed by atoms with Crippen molar-refractivity contribution in [2.24, 2.45) is 0 Å². The number of rotatable bonds is 4. The number of hydrogen-bond acceptors (Lipinski definition) is 7. The van der Waals surface area contributed by atoms with E-state index >= 15 is 0 Å². The van der Waals surface area contributed by atoms with Crippen molar-refractivity contribution in [3.63, 3.8) is 0 Å². The van der Waals surface area contributed by atoms with Crippen molar-refractivity contribution < 1.29 is 4.79 Å². The number of halogens is 1. The van der Waals surface area contributed by atoms with Crippen molar-refractivity contribution in [3.8, 4) is 0 Å². The number of nitrogens with one attached hydrogen (secondary N) is 1. The zero-order chi connectivity index (χ0) is 20.0. The predicted molar refractivity (Wildman–Crippen MR) is 116 cm³/mol. The van der Waals surface area contributed by atoms with Crippen LogP contribution in [-0.2, 0) is 11.3 Å². The molecule has 0 aliphatic carbocycles. The van der Waals surface area contributed by atoms with Crippen LogP contribution in [0.2, 0.25) is 5.15 Å². The molecular weight excluding hydrogens is 408 g/mol. The third-order valence-electron chi connectivity index (χ3n) is 4.89. The van der Waals surface area contributed by atoms with Gasteiger partial charge in [0.15, 0.2) is 0 Å². The molecule has 1 atom stereocenters. The van der Waals surface area contributed by atoms with Crippen LogP contribution >= 0.6 is 22.9 Å². The Hall–Kier alpha value is -3.23. The van der Waals surface area contributed by atoms with Gasteiger partial charge in [-0.05, 0) is 41.5 Å². The highest BCUT2D eigenvalue weighted by Gasteiger charge is 2.37. The maximum absolute atomic E-state index is 12.2. The Morgan fingerprint density at radius 3 is 3.00 bits per heavy atom. The van der Waals surface area contributed by atoms with Gasteiger partial charge in [0.1, 0.15) is 23.3 Å². The van der Waals surface area contributed by atoms with Gasteiger partial charge in [-0.15, -0.1) is 11.3 Å². The molecule has 0 bridgehead atoms. The van der Waals surface area contributed by atoms with Gasteiger partial charge in [0.25, 0.3) is 0 Å². The zero-order valence-electron chi connectivity index (χ0n) is 15.0. The number of nitrogens with two attached hydrogens (primary N) is 1. The summed E-state index contributed by atoms with van der Waals surface area (Å²) in [4.78, 5) is 30.0. The standard InChI is InChI=1S/C20H15ClN6OS/c21-18-17-13(7-12-2-1-5-23-12)15(9-28)27(19(17)26-20(22)25-18)8-11-3-4-14-16(6-11)29-10-24-14/h1-7,9-10,15,23H,8H2,(H2,22,25,26)/b13-7+. The predicted octanol–water partition coefficient (Wildman–Crippen LogP) is 3.78. The van der Waals surface area contributed by atoms with E-state index in [1.165, 1.54) is 0 Å². The first-order valence-corrected chi connectivity index (χ1v) is 10.1. The molecule has 1 aromatic carbocycles. The Morgan fingerprint density at radius 1 is 1.31 bits per heavy atom. The molecule has 0 spiro atoms. The largest absolute Gasteiger partial charge is 0.368 e. The van der Waals surface area contributed by atoms with Gasteiger partial charge < -0.3 is 20.4 Å². The van der Waals surface area contributed by atoms with Gasteiger partial charge >= 0.3 is 0 Å². The van der Waals surface area contributed by atoms with Gasteiger partial charge in [0.05, 0.1) is 21.3 Å². The number of aromatic amines is 1. The summed E-state index contributed by atoms with van der Waals surface area (Å²) in [5.41, 5.74) is 11.9. The van der Waals surface area contributed by atoms with Gasteiger partial charge in [-0.25, -0.2) is 9.97 Å². The third kappa shape index (κ3) is 3.06. The van der Waals surface area contributed by atoms with Crippen LogP contribution in [-0.4, -0.2) is 32.3 Å². The average Bonchev–Trinajstić information content (AvgIpc) is 3.42. The molecule has 9 heteroatoms. The second-order valence-electron chi connectivity index (χ2n) is 6.66. The summed E-state index contributed by atoms with van der Waals surface area (Å²) in [6.07, 6.45) is 4.62. The minimum atomic E-state index is -0.556. The van der Waals surface area contributed by atoms with E-state index in [0.717, 1.165) is 33.3 Å². The van der Waals surface area contributed by atoms with Crippen LogP contribution in [0.3, 0.4) is 0 Å². The first-order chi connectivity index (χ1) is 14.1. The summed E-state index contributed by atoms with van der Waals surface area (Å²) < 4.78 is 1.09. The number of aromatic nitrogens is 4. The maximum atomic E-state index is 12.2. The Labute approximate surface area is 174 Å². The molecule has 0 fully saturated rings. The molecule has 1 aliphatic rings. The molecule has 0 radical (unpaired) electrons. The molecule has 0 amide bonds. The highest BCUT2D eigenvalue weighted by Crippen LogP contribution is 2.43. The quantitative estimate of drug-likeness (QED) is 0.383. The topological polar surface area (TPSA) is 101 Å². The maximum Gasteiger partial charge on any atom is 0.223 e. The van der Waals surface area contributed by atoms with Crippen LogP contribution in [0.5, 0.6) is 0 Å². The monoisotopic (exact) mass is 422 g/mol. The number of carbonyl (C=O) groups is 1. The zero-order valence-corrected chi connectivity index (χ0v) is 16.6. The molecule has 5 rings (SSSR count). The van der Waals surface area contributed by atoms with Crippen LogP contribution in [0.25, 0.3) is 21.9 Å². The molecule has 7 nitrogen and oxygen atoms in total. The summed E-state index contributed by atoms with van der Waals surface area (Å²) >= 11 is 8.01. The van der Waals surface area contributed by atoms with Crippen LogP contribution in [0.1, 0.15) is 16.8 Å². The van der Waals surface area contributed by atoms with Crippen molar-refractivity contribution in [3.05, 3.63) is 64.0 Å². The normalized spacial score (nSPS) is 17.2. The van der Waals surface area contributed by atoms with Crippen LogP contribution in [0.15, 0.2) is 42.0 Å². The lowest BCUT2D eigenvalue weighted by atomic mass is 10.0. The van der Waals surface area contributed by atoms with Crippen LogP contribution in [0, 0.1) is 0 Å². The SMILES string of the molecule is Nc1nc(Cl)c2c(n1)N(Cc1ccc3ncsc3c1)C(C=O)/C2=C\c1ccc[nH]1. The van der Waals surface area contributed by atoms with E-state index in [9.17, 15) is 4.79 Å². The number of aldehydes is 1. The lowest BCUT2D eigenvalue weighted by molar-refractivity contribution is -0.107. The minimum Gasteiger partial charge on any atom is -0.368 e. The van der Waals surface area contributed by atoms with Crippen LogP contribution < -0.4 is 10.6 Å². The molecule has 3 aromatic heterocycles. The summed E-state index contributed by atoms with van der Waals surface area (Å²) in [5, 5.41) is 0.234. The Kier molecular flexibility index (Phi) is 4.30. The number of nitrogens with zero attached hydrogens (tertiary/aromatic N) is 4. The lowest BCUT2D eigenvalue weighted by Gasteiger charge is -2.23. The number of benzene rings is 1.